The van der Waals surface area contributed by atoms with E-state index in [9.17, 15) is 4.79 Å². The number of carbonyl (C=O) groups excluding carboxylic acids is 1. The summed E-state index contributed by atoms with van der Waals surface area (Å²) in [7, 11) is 1.72. The third kappa shape index (κ3) is 3.56. The van der Waals surface area contributed by atoms with Gasteiger partial charge in [0.25, 0.3) is 0 Å². The third-order valence-electron chi connectivity index (χ3n) is 2.59. The van der Waals surface area contributed by atoms with Gasteiger partial charge < -0.3 is 15.1 Å². The van der Waals surface area contributed by atoms with Gasteiger partial charge in [0, 0.05) is 7.05 Å². The zero-order valence-electron chi connectivity index (χ0n) is 10.3. The fourth-order valence-electron chi connectivity index (χ4n) is 1.69. The average molecular weight is 254 g/mol. The van der Waals surface area contributed by atoms with E-state index in [0.29, 0.717) is 6.54 Å². The molecular formula is C12H18N2O2S. The highest BCUT2D eigenvalue weighted by Gasteiger charge is 2.27. The van der Waals surface area contributed by atoms with Crippen LogP contribution in [0, 0.1) is 11.8 Å². The molecule has 0 aliphatic carbocycles. The lowest BCUT2D eigenvalue weighted by Crippen LogP contribution is -2.41. The van der Waals surface area contributed by atoms with Gasteiger partial charge in [-0.05, 0) is 18.1 Å². The fourth-order valence-corrected chi connectivity index (χ4v) is 2.06. The van der Waals surface area contributed by atoms with E-state index in [2.05, 4.69) is 0 Å². The Balaban J connectivity index is 2.70. The largest absolute Gasteiger partial charge is 0.467 e. The van der Waals surface area contributed by atoms with Gasteiger partial charge in [0.15, 0.2) is 0 Å². The van der Waals surface area contributed by atoms with E-state index >= 15 is 0 Å². The molecule has 0 saturated heterocycles. The van der Waals surface area contributed by atoms with Crippen LogP contribution in [0.15, 0.2) is 22.8 Å². The van der Waals surface area contributed by atoms with Crippen molar-refractivity contribution in [3.63, 3.8) is 0 Å². The Hall–Kier alpha value is -1.36. The Kier molecular flexibility index (Phi) is 4.69. The maximum Gasteiger partial charge on any atom is 0.232 e. The highest BCUT2D eigenvalue weighted by molar-refractivity contribution is 7.80. The summed E-state index contributed by atoms with van der Waals surface area (Å²) in [6.45, 7) is 4.29. The second-order valence-corrected chi connectivity index (χ2v) is 4.87. The number of thiocarbonyl (C=S) groups is 1. The van der Waals surface area contributed by atoms with Crippen molar-refractivity contribution in [1.29, 1.82) is 0 Å². The second-order valence-electron chi connectivity index (χ2n) is 4.40. The van der Waals surface area contributed by atoms with E-state index in [1.165, 1.54) is 0 Å². The van der Waals surface area contributed by atoms with Crippen molar-refractivity contribution >= 4 is 23.1 Å². The molecule has 1 aromatic heterocycles. The zero-order valence-corrected chi connectivity index (χ0v) is 11.2. The molecule has 0 fully saturated rings. The van der Waals surface area contributed by atoms with E-state index in [0.717, 1.165) is 5.76 Å². The minimum atomic E-state index is -0.412. The Morgan fingerprint density at radius 1 is 1.59 bits per heavy atom. The van der Waals surface area contributed by atoms with Crippen LogP contribution in [0.25, 0.3) is 0 Å². The molecule has 0 bridgehead atoms. The Labute approximate surface area is 107 Å². The molecule has 0 aromatic carbocycles. The summed E-state index contributed by atoms with van der Waals surface area (Å²) >= 11 is 4.94. The lowest BCUT2D eigenvalue weighted by Gasteiger charge is -2.24. The molecule has 1 heterocycles. The molecule has 1 rings (SSSR count). The number of nitrogens with zero attached hydrogens (tertiary/aromatic N) is 1. The van der Waals surface area contributed by atoms with Gasteiger partial charge >= 0.3 is 0 Å². The van der Waals surface area contributed by atoms with E-state index in [1.54, 1.807) is 24.3 Å². The standard InChI is InChI=1S/C12H18N2O2S/c1-8(2)10(11(13)17)12(15)14(3)7-9-5-4-6-16-9/h4-6,8,10H,7H2,1-3H3,(H2,13,17). The number of hydrogen-bond acceptors (Lipinski definition) is 3. The van der Waals surface area contributed by atoms with Crippen LogP contribution >= 0.6 is 12.2 Å². The van der Waals surface area contributed by atoms with Crippen LogP contribution in [0.5, 0.6) is 0 Å². The van der Waals surface area contributed by atoms with Crippen molar-refractivity contribution in [3.8, 4) is 0 Å². The summed E-state index contributed by atoms with van der Waals surface area (Å²) in [5.74, 6) is 0.360. The molecular weight excluding hydrogens is 236 g/mol. The predicted molar refractivity (Wildman–Crippen MR) is 70.3 cm³/mol. The molecule has 0 saturated carbocycles. The molecule has 0 spiro atoms. The number of rotatable bonds is 5. The van der Waals surface area contributed by atoms with Crippen molar-refractivity contribution in [2.45, 2.75) is 20.4 Å². The predicted octanol–water partition coefficient (Wildman–Crippen LogP) is 1.80. The molecule has 1 amide bonds. The average Bonchev–Trinajstić information content (AvgIpc) is 2.68. The van der Waals surface area contributed by atoms with Gasteiger partial charge in [-0.1, -0.05) is 26.1 Å². The van der Waals surface area contributed by atoms with Gasteiger partial charge in [-0.2, -0.15) is 0 Å². The minimum absolute atomic E-state index is 0.0658. The Bertz CT molecular complexity index is 387. The van der Waals surface area contributed by atoms with Crippen molar-refractivity contribution in [2.75, 3.05) is 7.05 Å². The SMILES string of the molecule is CC(C)C(C(=O)N(C)Cc1ccco1)C(N)=S. The molecule has 0 radical (unpaired) electrons. The van der Waals surface area contributed by atoms with Gasteiger partial charge in [-0.25, -0.2) is 0 Å². The Morgan fingerprint density at radius 2 is 2.24 bits per heavy atom. The molecule has 5 heteroatoms. The van der Waals surface area contributed by atoms with Crippen LogP contribution in [-0.2, 0) is 11.3 Å². The van der Waals surface area contributed by atoms with E-state index in [-0.39, 0.29) is 16.8 Å². The first kappa shape index (κ1) is 13.7. The molecule has 1 unspecified atom stereocenters. The van der Waals surface area contributed by atoms with Crippen LogP contribution in [-0.4, -0.2) is 22.8 Å². The van der Waals surface area contributed by atoms with Crippen molar-refractivity contribution in [3.05, 3.63) is 24.2 Å². The van der Waals surface area contributed by atoms with E-state index < -0.39 is 5.92 Å². The first-order valence-electron chi connectivity index (χ1n) is 5.50. The van der Waals surface area contributed by atoms with Crippen LogP contribution in [0.3, 0.4) is 0 Å². The first-order valence-corrected chi connectivity index (χ1v) is 5.91. The number of amides is 1. The third-order valence-corrected chi connectivity index (χ3v) is 2.84. The van der Waals surface area contributed by atoms with E-state index in [1.807, 2.05) is 19.9 Å². The summed E-state index contributed by atoms with van der Waals surface area (Å²) in [4.78, 5) is 14.0. The lowest BCUT2D eigenvalue weighted by molar-refractivity contribution is -0.133. The number of furan rings is 1. The van der Waals surface area contributed by atoms with E-state index in [4.69, 9.17) is 22.4 Å². The van der Waals surface area contributed by atoms with Gasteiger partial charge in [-0.15, -0.1) is 0 Å². The maximum atomic E-state index is 12.2. The van der Waals surface area contributed by atoms with Crippen LogP contribution in [0.4, 0.5) is 0 Å². The summed E-state index contributed by atoms with van der Waals surface area (Å²) in [6.07, 6.45) is 1.58. The molecule has 1 aromatic rings. The highest BCUT2D eigenvalue weighted by atomic mass is 32.1. The molecule has 0 aliphatic heterocycles. The summed E-state index contributed by atoms with van der Waals surface area (Å²) in [5, 5.41) is 0. The van der Waals surface area contributed by atoms with Gasteiger partial charge in [0.1, 0.15) is 5.76 Å². The summed E-state index contributed by atoms with van der Waals surface area (Å²) in [6, 6.07) is 3.62. The second kappa shape index (κ2) is 5.82. The monoisotopic (exact) mass is 254 g/mol. The van der Waals surface area contributed by atoms with Crippen molar-refractivity contribution < 1.29 is 9.21 Å². The highest BCUT2D eigenvalue weighted by Crippen LogP contribution is 2.16. The number of nitrogens with two attached hydrogens (primary N) is 1. The smallest absolute Gasteiger partial charge is 0.232 e. The molecule has 17 heavy (non-hydrogen) atoms. The van der Waals surface area contributed by atoms with Crippen molar-refractivity contribution in [2.24, 2.45) is 17.6 Å². The fraction of sp³-hybridized carbons (Fsp3) is 0.500. The van der Waals surface area contributed by atoms with Gasteiger partial charge in [-0.3, -0.25) is 4.79 Å². The first-order chi connectivity index (χ1) is 7.93. The topological polar surface area (TPSA) is 59.5 Å². The zero-order chi connectivity index (χ0) is 13.0. The van der Waals surface area contributed by atoms with Crippen LogP contribution in [0.1, 0.15) is 19.6 Å². The Morgan fingerprint density at radius 3 is 2.65 bits per heavy atom. The molecule has 0 aliphatic rings. The summed E-state index contributed by atoms with van der Waals surface area (Å²) < 4.78 is 5.20. The molecule has 2 N–H and O–H groups in total. The normalized spacial score (nSPS) is 12.5. The maximum absolute atomic E-state index is 12.2. The molecule has 94 valence electrons. The molecule has 4 nitrogen and oxygen atoms in total. The molecule has 1 atom stereocenters. The van der Waals surface area contributed by atoms with Gasteiger partial charge in [0.2, 0.25) is 5.91 Å². The van der Waals surface area contributed by atoms with Crippen LogP contribution in [0.2, 0.25) is 0 Å². The van der Waals surface area contributed by atoms with Crippen molar-refractivity contribution in [1.82, 2.24) is 4.90 Å². The number of hydrogen-bond donors (Lipinski definition) is 1. The lowest BCUT2D eigenvalue weighted by atomic mass is 9.94. The summed E-state index contributed by atoms with van der Waals surface area (Å²) in [5.41, 5.74) is 5.61. The minimum Gasteiger partial charge on any atom is -0.467 e. The van der Waals surface area contributed by atoms with Gasteiger partial charge in [0.05, 0.1) is 23.7 Å². The van der Waals surface area contributed by atoms with Crippen LogP contribution < -0.4 is 5.73 Å². The number of carbonyl (C=O) groups is 1. The quantitative estimate of drug-likeness (QED) is 0.814.